The fourth-order valence-electron chi connectivity index (χ4n) is 3.34. The molecule has 8 nitrogen and oxygen atoms in total. The second kappa shape index (κ2) is 7.89. The molecule has 2 aromatic heterocycles. The number of amides is 1. The maximum absolute atomic E-state index is 13.2. The molecule has 1 amide bonds. The minimum Gasteiger partial charge on any atom is -0.371 e. The van der Waals surface area contributed by atoms with Gasteiger partial charge in [-0.3, -0.25) is 4.79 Å². The standard InChI is InChI=1S/C19H20FN5O3/c1-12-23-17(28-24-12)7-9-21-19(26)15-8-11-27-18(15)16-6-10-22-25(16)14-4-2-13(20)3-5-14/h2-6,10,15,18H,7-9,11H2,1H3,(H,21,26)/t15-,18-/m0/s1. The van der Waals surface area contributed by atoms with E-state index in [-0.39, 0.29) is 17.6 Å². The predicted molar refractivity (Wildman–Crippen MR) is 96.1 cm³/mol. The normalized spacial score (nSPS) is 19.1. The highest BCUT2D eigenvalue weighted by molar-refractivity contribution is 5.79. The summed E-state index contributed by atoms with van der Waals surface area (Å²) in [6.45, 7) is 2.64. The molecule has 0 aliphatic carbocycles. The third-order valence-corrected chi connectivity index (χ3v) is 4.67. The summed E-state index contributed by atoms with van der Waals surface area (Å²) in [5.74, 6) is 0.320. The zero-order valence-corrected chi connectivity index (χ0v) is 15.3. The van der Waals surface area contributed by atoms with Gasteiger partial charge >= 0.3 is 0 Å². The summed E-state index contributed by atoms with van der Waals surface area (Å²) in [5, 5.41) is 11.0. The molecule has 1 fully saturated rings. The third kappa shape index (κ3) is 3.79. The molecule has 28 heavy (non-hydrogen) atoms. The molecular formula is C19H20FN5O3. The highest BCUT2D eigenvalue weighted by atomic mass is 19.1. The molecule has 1 N–H and O–H groups in total. The number of carbonyl (C=O) groups is 1. The number of nitrogens with zero attached hydrogens (tertiary/aromatic N) is 4. The Bertz CT molecular complexity index is 953. The zero-order chi connectivity index (χ0) is 19.5. The van der Waals surface area contributed by atoms with Gasteiger partial charge in [-0.2, -0.15) is 10.1 Å². The van der Waals surface area contributed by atoms with Gasteiger partial charge in [-0.1, -0.05) is 5.16 Å². The Morgan fingerprint density at radius 2 is 2.14 bits per heavy atom. The number of ether oxygens (including phenoxy) is 1. The molecule has 2 atom stereocenters. The van der Waals surface area contributed by atoms with E-state index in [1.807, 2.05) is 6.07 Å². The van der Waals surface area contributed by atoms with Crippen LogP contribution in [0.2, 0.25) is 0 Å². The van der Waals surface area contributed by atoms with Crippen LogP contribution in [-0.2, 0) is 16.0 Å². The van der Waals surface area contributed by atoms with E-state index in [0.717, 1.165) is 5.69 Å². The minimum absolute atomic E-state index is 0.0920. The van der Waals surface area contributed by atoms with Crippen molar-refractivity contribution >= 4 is 5.91 Å². The fraction of sp³-hybridized carbons (Fsp3) is 0.368. The van der Waals surface area contributed by atoms with E-state index in [9.17, 15) is 9.18 Å². The van der Waals surface area contributed by atoms with Crippen molar-refractivity contribution in [2.75, 3.05) is 13.2 Å². The molecular weight excluding hydrogens is 365 g/mol. The van der Waals surface area contributed by atoms with Crippen LogP contribution in [0, 0.1) is 18.7 Å². The first kappa shape index (κ1) is 18.3. The second-order valence-electron chi connectivity index (χ2n) is 6.61. The number of nitrogens with one attached hydrogen (secondary N) is 1. The molecule has 0 bridgehead atoms. The van der Waals surface area contributed by atoms with Crippen molar-refractivity contribution in [1.82, 2.24) is 25.2 Å². The van der Waals surface area contributed by atoms with Gasteiger partial charge < -0.3 is 14.6 Å². The van der Waals surface area contributed by atoms with Crippen LogP contribution in [-0.4, -0.2) is 39.0 Å². The van der Waals surface area contributed by atoms with Crippen LogP contribution in [0.25, 0.3) is 5.69 Å². The number of halogens is 1. The van der Waals surface area contributed by atoms with E-state index in [0.29, 0.717) is 43.4 Å². The second-order valence-corrected chi connectivity index (χ2v) is 6.61. The van der Waals surface area contributed by atoms with Crippen molar-refractivity contribution in [1.29, 1.82) is 0 Å². The lowest BCUT2D eigenvalue weighted by Gasteiger charge is -2.19. The molecule has 1 saturated heterocycles. The highest BCUT2D eigenvalue weighted by Gasteiger charge is 2.37. The van der Waals surface area contributed by atoms with Crippen molar-refractivity contribution in [2.45, 2.75) is 25.9 Å². The van der Waals surface area contributed by atoms with Gasteiger partial charge in [0.05, 0.1) is 17.3 Å². The molecule has 9 heteroatoms. The van der Waals surface area contributed by atoms with Crippen molar-refractivity contribution in [3.8, 4) is 5.69 Å². The Morgan fingerprint density at radius 1 is 1.32 bits per heavy atom. The minimum atomic E-state index is -0.418. The smallest absolute Gasteiger partial charge is 0.228 e. The third-order valence-electron chi connectivity index (χ3n) is 4.67. The van der Waals surface area contributed by atoms with E-state index in [1.54, 1.807) is 29.9 Å². The van der Waals surface area contributed by atoms with Gasteiger partial charge in [0.15, 0.2) is 5.82 Å². The van der Waals surface area contributed by atoms with Crippen LogP contribution >= 0.6 is 0 Å². The molecule has 146 valence electrons. The van der Waals surface area contributed by atoms with Crippen molar-refractivity contribution in [3.05, 3.63) is 59.8 Å². The summed E-state index contributed by atoms with van der Waals surface area (Å²) in [5.41, 5.74) is 1.47. The van der Waals surface area contributed by atoms with Gasteiger partial charge in [0.25, 0.3) is 0 Å². The lowest BCUT2D eigenvalue weighted by molar-refractivity contribution is -0.126. The number of benzene rings is 1. The summed E-state index contributed by atoms with van der Waals surface area (Å²) in [6.07, 6.45) is 2.31. The van der Waals surface area contributed by atoms with Gasteiger partial charge in [0.2, 0.25) is 11.8 Å². The summed E-state index contributed by atoms with van der Waals surface area (Å²) >= 11 is 0. The maximum atomic E-state index is 13.2. The Hall–Kier alpha value is -3.07. The summed E-state index contributed by atoms with van der Waals surface area (Å²) in [7, 11) is 0. The Balaban J connectivity index is 1.44. The van der Waals surface area contributed by atoms with Crippen LogP contribution in [0.4, 0.5) is 4.39 Å². The van der Waals surface area contributed by atoms with Crippen LogP contribution in [0.3, 0.4) is 0 Å². The van der Waals surface area contributed by atoms with Crippen LogP contribution in [0.5, 0.6) is 0 Å². The Kier molecular flexibility index (Phi) is 5.16. The van der Waals surface area contributed by atoms with Gasteiger partial charge in [-0.15, -0.1) is 0 Å². The van der Waals surface area contributed by atoms with E-state index in [2.05, 4.69) is 20.6 Å². The van der Waals surface area contributed by atoms with Crippen molar-refractivity contribution < 1.29 is 18.4 Å². The lowest BCUT2D eigenvalue weighted by atomic mass is 9.97. The quantitative estimate of drug-likeness (QED) is 0.699. The molecule has 1 aliphatic rings. The zero-order valence-electron chi connectivity index (χ0n) is 15.3. The van der Waals surface area contributed by atoms with Crippen molar-refractivity contribution in [2.24, 2.45) is 5.92 Å². The topological polar surface area (TPSA) is 95.1 Å². The number of hydrogen-bond donors (Lipinski definition) is 1. The molecule has 3 aromatic rings. The molecule has 0 saturated carbocycles. The maximum Gasteiger partial charge on any atom is 0.228 e. The molecule has 0 radical (unpaired) electrons. The predicted octanol–water partition coefficient (Wildman–Crippen LogP) is 2.14. The van der Waals surface area contributed by atoms with E-state index >= 15 is 0 Å². The summed E-state index contributed by atoms with van der Waals surface area (Å²) in [6, 6.07) is 7.85. The molecule has 4 rings (SSSR count). The average Bonchev–Trinajstić information content (AvgIpc) is 3.42. The average molecular weight is 385 g/mol. The molecule has 1 aromatic carbocycles. The van der Waals surface area contributed by atoms with Gasteiger partial charge in [0.1, 0.15) is 11.9 Å². The first-order valence-corrected chi connectivity index (χ1v) is 9.10. The van der Waals surface area contributed by atoms with Crippen molar-refractivity contribution in [3.63, 3.8) is 0 Å². The first-order chi connectivity index (χ1) is 13.6. The highest BCUT2D eigenvalue weighted by Crippen LogP contribution is 2.35. The number of aromatic nitrogens is 4. The van der Waals surface area contributed by atoms with E-state index in [1.165, 1.54) is 12.1 Å². The monoisotopic (exact) mass is 385 g/mol. The van der Waals surface area contributed by atoms with Gasteiger partial charge in [-0.25, -0.2) is 9.07 Å². The Labute approximate surface area is 160 Å². The fourth-order valence-corrected chi connectivity index (χ4v) is 3.34. The van der Waals surface area contributed by atoms with Crippen LogP contribution in [0.15, 0.2) is 41.1 Å². The summed E-state index contributed by atoms with van der Waals surface area (Å²) < 4.78 is 25.8. The largest absolute Gasteiger partial charge is 0.371 e. The van der Waals surface area contributed by atoms with Gasteiger partial charge in [0, 0.05) is 25.8 Å². The van der Waals surface area contributed by atoms with Crippen LogP contribution in [0.1, 0.15) is 29.9 Å². The first-order valence-electron chi connectivity index (χ1n) is 9.10. The summed E-state index contributed by atoms with van der Waals surface area (Å²) in [4.78, 5) is 16.8. The Morgan fingerprint density at radius 3 is 2.89 bits per heavy atom. The molecule has 0 unspecified atom stereocenters. The van der Waals surface area contributed by atoms with Gasteiger partial charge in [-0.05, 0) is 43.7 Å². The number of hydrogen-bond acceptors (Lipinski definition) is 6. The number of aryl methyl sites for hydroxylation is 1. The van der Waals surface area contributed by atoms with E-state index < -0.39 is 6.10 Å². The number of carbonyl (C=O) groups excluding carboxylic acids is 1. The SMILES string of the molecule is Cc1noc(CCNC(=O)[C@H]2CCO[C@@H]2c2ccnn2-c2ccc(F)cc2)n1. The lowest BCUT2D eigenvalue weighted by Crippen LogP contribution is -2.34. The van der Waals surface area contributed by atoms with Crippen LogP contribution < -0.4 is 5.32 Å². The molecule has 3 heterocycles. The molecule has 1 aliphatic heterocycles. The molecule has 0 spiro atoms. The number of rotatable bonds is 6. The van der Waals surface area contributed by atoms with E-state index in [4.69, 9.17) is 9.26 Å².